The molecule has 154 valence electrons. The molecule has 2 heterocycles. The van der Waals surface area contributed by atoms with Crippen molar-refractivity contribution in [2.75, 3.05) is 5.32 Å². The van der Waals surface area contributed by atoms with Crippen molar-refractivity contribution in [3.8, 4) is 17.5 Å². The molecule has 2 aliphatic rings. The third-order valence-electron chi connectivity index (χ3n) is 6.00. The van der Waals surface area contributed by atoms with Crippen LogP contribution in [-0.4, -0.2) is 20.5 Å². The van der Waals surface area contributed by atoms with E-state index in [4.69, 9.17) is 10.1 Å². The highest BCUT2D eigenvalue weighted by molar-refractivity contribution is 6.00. The molecule has 0 spiro atoms. The second-order valence-electron chi connectivity index (χ2n) is 9.16. The molecular weight excluding hydrogens is 386 g/mol. The SMILES string of the molecule is Cc1ccc(-c2nc3n(n2)C(c2ccc(C#N)cc2)C2=C(CC(C)(C)CC2=O)N3)cc1. The average Bonchev–Trinajstić information content (AvgIpc) is 3.15. The predicted octanol–water partition coefficient (Wildman–Crippen LogP) is 4.78. The Morgan fingerprint density at radius 2 is 1.81 bits per heavy atom. The number of nitrogens with one attached hydrogen (secondary N) is 1. The van der Waals surface area contributed by atoms with Crippen LogP contribution in [-0.2, 0) is 4.79 Å². The fraction of sp³-hybridized carbons (Fsp3) is 0.280. The standard InChI is InChI=1S/C25H23N5O/c1-15-4-8-18(9-5-15)23-28-24-27-19-12-25(2,3)13-20(31)21(19)22(30(24)29-23)17-10-6-16(14-26)7-11-17/h4-11,22H,12-13H2,1-3H3,(H,27,28,29). The van der Waals surface area contributed by atoms with Gasteiger partial charge in [0.2, 0.25) is 5.95 Å². The number of aromatic nitrogens is 3. The predicted molar refractivity (Wildman–Crippen MR) is 118 cm³/mol. The molecule has 0 amide bonds. The van der Waals surface area contributed by atoms with Gasteiger partial charge in [-0.05, 0) is 36.5 Å². The van der Waals surface area contributed by atoms with Crippen LogP contribution in [0.2, 0.25) is 0 Å². The zero-order chi connectivity index (χ0) is 21.8. The number of benzene rings is 2. The van der Waals surface area contributed by atoms with E-state index in [-0.39, 0.29) is 17.2 Å². The number of fused-ring (bicyclic) bond motifs is 1. The first-order valence-corrected chi connectivity index (χ1v) is 10.4. The molecule has 2 aromatic carbocycles. The van der Waals surface area contributed by atoms with Crippen molar-refractivity contribution in [1.82, 2.24) is 14.8 Å². The number of anilines is 1. The van der Waals surface area contributed by atoms with Gasteiger partial charge in [0, 0.05) is 23.3 Å². The van der Waals surface area contributed by atoms with Gasteiger partial charge in [0.1, 0.15) is 6.04 Å². The molecule has 0 bridgehead atoms. The summed E-state index contributed by atoms with van der Waals surface area (Å²) in [5.74, 6) is 1.38. The molecule has 3 aromatic rings. The highest BCUT2D eigenvalue weighted by Gasteiger charge is 2.41. The monoisotopic (exact) mass is 409 g/mol. The van der Waals surface area contributed by atoms with E-state index in [1.165, 1.54) is 5.56 Å². The number of aryl methyl sites for hydroxylation is 1. The highest BCUT2D eigenvalue weighted by Crippen LogP contribution is 2.45. The Morgan fingerprint density at radius 3 is 2.48 bits per heavy atom. The van der Waals surface area contributed by atoms with Crippen LogP contribution in [0.1, 0.15) is 49.4 Å². The lowest BCUT2D eigenvalue weighted by atomic mass is 9.73. The van der Waals surface area contributed by atoms with E-state index in [2.05, 4.69) is 25.2 Å². The van der Waals surface area contributed by atoms with Crippen molar-refractivity contribution in [3.63, 3.8) is 0 Å². The van der Waals surface area contributed by atoms with E-state index in [1.54, 1.807) is 12.1 Å². The molecule has 1 aliphatic heterocycles. The Kier molecular flexibility index (Phi) is 4.30. The van der Waals surface area contributed by atoms with Gasteiger partial charge >= 0.3 is 0 Å². The van der Waals surface area contributed by atoms with Gasteiger partial charge in [-0.25, -0.2) is 4.68 Å². The van der Waals surface area contributed by atoms with E-state index < -0.39 is 0 Å². The number of nitrogens with zero attached hydrogens (tertiary/aromatic N) is 4. The van der Waals surface area contributed by atoms with Gasteiger partial charge in [-0.3, -0.25) is 4.79 Å². The molecule has 5 rings (SSSR count). The summed E-state index contributed by atoms with van der Waals surface area (Å²) in [6.45, 7) is 6.28. The smallest absolute Gasteiger partial charge is 0.226 e. The topological polar surface area (TPSA) is 83.6 Å². The lowest BCUT2D eigenvalue weighted by Crippen LogP contribution is -2.36. The largest absolute Gasteiger partial charge is 0.328 e. The molecule has 0 saturated carbocycles. The van der Waals surface area contributed by atoms with E-state index in [1.807, 2.05) is 48.0 Å². The molecule has 1 N–H and O–H groups in total. The van der Waals surface area contributed by atoms with Crippen molar-refractivity contribution in [3.05, 3.63) is 76.5 Å². The summed E-state index contributed by atoms with van der Waals surface area (Å²) in [5, 5.41) is 17.4. The van der Waals surface area contributed by atoms with Crippen molar-refractivity contribution in [2.45, 2.75) is 39.7 Å². The minimum Gasteiger partial charge on any atom is -0.328 e. The molecule has 1 aliphatic carbocycles. The van der Waals surface area contributed by atoms with Gasteiger partial charge in [-0.15, -0.1) is 5.10 Å². The van der Waals surface area contributed by atoms with Gasteiger partial charge in [-0.2, -0.15) is 10.2 Å². The molecule has 1 unspecified atom stereocenters. The first-order valence-electron chi connectivity index (χ1n) is 10.4. The molecule has 0 radical (unpaired) electrons. The van der Waals surface area contributed by atoms with Crippen LogP contribution in [0.4, 0.5) is 5.95 Å². The fourth-order valence-corrected chi connectivity index (χ4v) is 4.48. The number of carbonyl (C=O) groups excluding carboxylic acids is 1. The number of hydrogen-bond donors (Lipinski definition) is 1. The molecule has 0 saturated heterocycles. The zero-order valence-electron chi connectivity index (χ0n) is 17.8. The number of rotatable bonds is 2. The number of nitriles is 1. The first-order chi connectivity index (χ1) is 14.8. The number of Topliss-reactive ketones (excluding diaryl/α,β-unsaturated/α-hetero) is 1. The average molecular weight is 409 g/mol. The number of allylic oxidation sites excluding steroid dienone is 2. The second kappa shape index (κ2) is 6.92. The Balaban J connectivity index is 1.67. The highest BCUT2D eigenvalue weighted by atomic mass is 16.1. The minimum atomic E-state index is -0.366. The third-order valence-corrected chi connectivity index (χ3v) is 6.00. The maximum atomic E-state index is 13.3. The van der Waals surface area contributed by atoms with Crippen molar-refractivity contribution < 1.29 is 4.79 Å². The van der Waals surface area contributed by atoms with Crippen LogP contribution in [0.5, 0.6) is 0 Å². The molecule has 0 fully saturated rings. The van der Waals surface area contributed by atoms with Gasteiger partial charge < -0.3 is 5.32 Å². The molecule has 1 atom stereocenters. The normalized spacial score (nSPS) is 19.3. The maximum absolute atomic E-state index is 13.3. The molecule has 6 heteroatoms. The minimum absolute atomic E-state index is 0.111. The van der Waals surface area contributed by atoms with Crippen LogP contribution in [0.25, 0.3) is 11.4 Å². The number of hydrogen-bond acceptors (Lipinski definition) is 5. The molecule has 1 aromatic heterocycles. The summed E-state index contributed by atoms with van der Waals surface area (Å²) in [7, 11) is 0. The fourth-order valence-electron chi connectivity index (χ4n) is 4.48. The van der Waals surface area contributed by atoms with Crippen LogP contribution >= 0.6 is 0 Å². The van der Waals surface area contributed by atoms with Crippen LogP contribution < -0.4 is 5.32 Å². The summed E-state index contributed by atoms with van der Waals surface area (Å²) in [5.41, 5.74) is 5.16. The summed E-state index contributed by atoms with van der Waals surface area (Å²) >= 11 is 0. The number of ketones is 1. The van der Waals surface area contributed by atoms with E-state index in [9.17, 15) is 10.1 Å². The Labute approximate surface area is 181 Å². The van der Waals surface area contributed by atoms with Gasteiger partial charge in [0.05, 0.1) is 11.6 Å². The van der Waals surface area contributed by atoms with Gasteiger partial charge in [-0.1, -0.05) is 55.8 Å². The quantitative estimate of drug-likeness (QED) is 0.658. The van der Waals surface area contributed by atoms with Crippen molar-refractivity contribution in [1.29, 1.82) is 5.26 Å². The summed E-state index contributed by atoms with van der Waals surface area (Å²) in [4.78, 5) is 18.0. The number of carbonyl (C=O) groups is 1. The Hall–Kier alpha value is -3.72. The van der Waals surface area contributed by atoms with Crippen molar-refractivity contribution in [2.24, 2.45) is 5.41 Å². The van der Waals surface area contributed by atoms with Crippen molar-refractivity contribution >= 4 is 11.7 Å². The molecule has 6 nitrogen and oxygen atoms in total. The van der Waals surface area contributed by atoms with E-state index in [0.717, 1.165) is 28.8 Å². The maximum Gasteiger partial charge on any atom is 0.226 e. The Morgan fingerprint density at radius 1 is 1.10 bits per heavy atom. The summed E-state index contributed by atoms with van der Waals surface area (Å²) in [6, 6.07) is 17.3. The molecular formula is C25H23N5O. The van der Waals surface area contributed by atoms with Gasteiger partial charge in [0.15, 0.2) is 11.6 Å². The zero-order valence-corrected chi connectivity index (χ0v) is 17.8. The van der Waals surface area contributed by atoms with Gasteiger partial charge in [0.25, 0.3) is 0 Å². The summed E-state index contributed by atoms with van der Waals surface area (Å²) in [6.07, 6.45) is 1.27. The van der Waals surface area contributed by atoms with E-state index in [0.29, 0.717) is 23.8 Å². The van der Waals surface area contributed by atoms with E-state index >= 15 is 0 Å². The van der Waals surface area contributed by atoms with Crippen LogP contribution in [0.3, 0.4) is 0 Å². The Bertz CT molecular complexity index is 1260. The lowest BCUT2D eigenvalue weighted by Gasteiger charge is -2.38. The lowest BCUT2D eigenvalue weighted by molar-refractivity contribution is -0.118. The second-order valence-corrected chi connectivity index (χ2v) is 9.16. The third kappa shape index (κ3) is 3.32. The van der Waals surface area contributed by atoms with Crippen LogP contribution in [0.15, 0.2) is 59.8 Å². The molecule has 31 heavy (non-hydrogen) atoms. The summed E-state index contributed by atoms with van der Waals surface area (Å²) < 4.78 is 1.81. The van der Waals surface area contributed by atoms with Crippen LogP contribution in [0, 0.1) is 23.7 Å². The first kappa shape index (κ1) is 19.3.